The predicted octanol–water partition coefficient (Wildman–Crippen LogP) is 4.02. The molecule has 0 bridgehead atoms. The lowest BCUT2D eigenvalue weighted by Gasteiger charge is -2.36. The minimum absolute atomic E-state index is 0.0219. The molecule has 0 aromatic heterocycles. The number of nitrogens with zero attached hydrogens (tertiary/aromatic N) is 1. The zero-order valence-corrected chi connectivity index (χ0v) is 17.8. The van der Waals surface area contributed by atoms with E-state index in [1.165, 1.54) is 5.56 Å². The monoisotopic (exact) mass is 411 g/mol. The summed E-state index contributed by atoms with van der Waals surface area (Å²) in [5, 5.41) is 0. The maximum Gasteiger partial charge on any atom is 0.254 e. The van der Waals surface area contributed by atoms with Gasteiger partial charge in [-0.05, 0) is 73.7 Å². The van der Waals surface area contributed by atoms with Crippen LogP contribution in [-0.4, -0.2) is 50.9 Å². The lowest BCUT2D eigenvalue weighted by atomic mass is 9.92. The molecule has 160 valence electrons. The quantitative estimate of drug-likeness (QED) is 0.719. The molecule has 2 atom stereocenters. The van der Waals surface area contributed by atoms with Crippen molar-refractivity contribution in [2.24, 2.45) is 0 Å². The van der Waals surface area contributed by atoms with E-state index < -0.39 is 0 Å². The highest BCUT2D eigenvalue weighted by molar-refractivity contribution is 5.94. The van der Waals surface area contributed by atoms with Crippen LogP contribution in [0, 0.1) is 0 Å². The van der Waals surface area contributed by atoms with E-state index in [1.807, 2.05) is 41.3 Å². The van der Waals surface area contributed by atoms with E-state index in [4.69, 9.17) is 18.9 Å². The van der Waals surface area contributed by atoms with Gasteiger partial charge < -0.3 is 23.8 Å². The molecule has 2 heterocycles. The first-order chi connectivity index (χ1) is 14.6. The third-order valence-corrected chi connectivity index (χ3v) is 6.01. The maximum absolute atomic E-state index is 13.2. The van der Waals surface area contributed by atoms with Crippen LogP contribution in [-0.2, 0) is 11.2 Å². The fraction of sp³-hybridized carbons (Fsp3) is 0.458. The fourth-order valence-electron chi connectivity index (χ4n) is 4.25. The number of rotatable bonds is 6. The lowest BCUT2D eigenvalue weighted by Crippen LogP contribution is -2.38. The Morgan fingerprint density at radius 1 is 1.13 bits per heavy atom. The van der Waals surface area contributed by atoms with E-state index in [2.05, 4.69) is 6.92 Å². The molecule has 0 radical (unpaired) electrons. The van der Waals surface area contributed by atoms with Crippen LogP contribution < -0.4 is 14.2 Å². The average molecular weight is 411 g/mol. The third-order valence-electron chi connectivity index (χ3n) is 6.01. The van der Waals surface area contributed by atoms with Crippen molar-refractivity contribution >= 4 is 5.91 Å². The van der Waals surface area contributed by atoms with Crippen molar-refractivity contribution in [3.8, 4) is 17.2 Å². The second kappa shape index (κ2) is 8.96. The van der Waals surface area contributed by atoms with Gasteiger partial charge in [-0.25, -0.2) is 0 Å². The summed E-state index contributed by atoms with van der Waals surface area (Å²) in [5.41, 5.74) is 2.96. The lowest BCUT2D eigenvalue weighted by molar-refractivity contribution is 0.0669. The molecule has 0 saturated carbocycles. The molecule has 2 aliphatic heterocycles. The molecule has 2 aliphatic rings. The van der Waals surface area contributed by atoms with Crippen LogP contribution in [0.1, 0.15) is 47.3 Å². The van der Waals surface area contributed by atoms with Gasteiger partial charge in [0.25, 0.3) is 5.91 Å². The van der Waals surface area contributed by atoms with Crippen molar-refractivity contribution in [1.29, 1.82) is 0 Å². The number of ether oxygens (including phenoxy) is 4. The maximum atomic E-state index is 13.2. The smallest absolute Gasteiger partial charge is 0.254 e. The van der Waals surface area contributed by atoms with E-state index in [1.54, 1.807) is 14.2 Å². The van der Waals surface area contributed by atoms with Crippen LogP contribution in [0.15, 0.2) is 36.4 Å². The Morgan fingerprint density at radius 3 is 2.53 bits per heavy atom. The summed E-state index contributed by atoms with van der Waals surface area (Å²) < 4.78 is 22.3. The van der Waals surface area contributed by atoms with Gasteiger partial charge in [0.2, 0.25) is 0 Å². The first-order valence-electron chi connectivity index (χ1n) is 10.5. The fourth-order valence-corrected chi connectivity index (χ4v) is 4.25. The Kier molecular flexibility index (Phi) is 6.13. The summed E-state index contributed by atoms with van der Waals surface area (Å²) in [6.45, 7) is 4.09. The molecular formula is C24H29NO5. The molecule has 1 saturated heterocycles. The number of methoxy groups -OCH3 is 2. The summed E-state index contributed by atoms with van der Waals surface area (Å²) in [7, 11) is 3.27. The summed E-state index contributed by atoms with van der Waals surface area (Å²) in [6.07, 6.45) is 3.10. The van der Waals surface area contributed by atoms with Gasteiger partial charge in [-0.2, -0.15) is 0 Å². The average Bonchev–Trinajstić information content (AvgIpc) is 3.31. The topological polar surface area (TPSA) is 57.2 Å². The number of hydrogen-bond acceptors (Lipinski definition) is 5. The normalized spacial score (nSPS) is 20.6. The Bertz CT molecular complexity index is 889. The molecule has 1 fully saturated rings. The Morgan fingerprint density at radius 2 is 1.87 bits per heavy atom. The molecule has 6 heteroatoms. The second-order valence-electron chi connectivity index (χ2n) is 7.80. The molecule has 6 nitrogen and oxygen atoms in total. The van der Waals surface area contributed by atoms with Crippen LogP contribution in [0.4, 0.5) is 0 Å². The summed E-state index contributed by atoms with van der Waals surface area (Å²) in [4.78, 5) is 15.1. The van der Waals surface area contributed by atoms with Gasteiger partial charge in [0, 0.05) is 18.7 Å². The van der Waals surface area contributed by atoms with Crippen molar-refractivity contribution in [3.05, 3.63) is 53.1 Å². The van der Waals surface area contributed by atoms with Crippen molar-refractivity contribution in [2.45, 2.75) is 38.3 Å². The first kappa shape index (κ1) is 20.5. The molecule has 2 aromatic carbocycles. The largest absolute Gasteiger partial charge is 0.493 e. The van der Waals surface area contributed by atoms with E-state index in [0.717, 1.165) is 42.9 Å². The van der Waals surface area contributed by atoms with Crippen molar-refractivity contribution in [3.63, 3.8) is 0 Å². The summed E-state index contributed by atoms with van der Waals surface area (Å²) >= 11 is 0. The van der Waals surface area contributed by atoms with E-state index >= 15 is 0 Å². The van der Waals surface area contributed by atoms with Crippen molar-refractivity contribution < 1.29 is 23.7 Å². The molecule has 0 spiro atoms. The molecule has 2 aromatic rings. The Labute approximate surface area is 177 Å². The van der Waals surface area contributed by atoms with Crippen LogP contribution in [0.2, 0.25) is 0 Å². The molecular weight excluding hydrogens is 382 g/mol. The number of hydrogen-bond donors (Lipinski definition) is 0. The van der Waals surface area contributed by atoms with E-state index in [0.29, 0.717) is 24.5 Å². The van der Waals surface area contributed by atoms with Gasteiger partial charge in [0.05, 0.1) is 26.4 Å². The molecule has 1 amide bonds. The Hall–Kier alpha value is -2.73. The zero-order chi connectivity index (χ0) is 21.1. The van der Waals surface area contributed by atoms with Gasteiger partial charge in [-0.3, -0.25) is 4.79 Å². The van der Waals surface area contributed by atoms with E-state index in [9.17, 15) is 4.79 Å². The zero-order valence-electron chi connectivity index (χ0n) is 17.8. The highest BCUT2D eigenvalue weighted by Gasteiger charge is 2.29. The number of benzene rings is 2. The minimum Gasteiger partial charge on any atom is -0.493 e. The third kappa shape index (κ3) is 4.10. The Balaban J connectivity index is 1.45. The first-order valence-corrected chi connectivity index (χ1v) is 10.5. The number of fused-ring (bicyclic) bond motifs is 1. The second-order valence-corrected chi connectivity index (χ2v) is 7.80. The minimum atomic E-state index is -0.0449. The van der Waals surface area contributed by atoms with Gasteiger partial charge in [-0.15, -0.1) is 0 Å². The molecule has 0 unspecified atom stereocenters. The van der Waals surface area contributed by atoms with Crippen LogP contribution in [0.3, 0.4) is 0 Å². The molecule has 0 aliphatic carbocycles. The SMILES string of the molecule is COc1cc2c(cc1OC)[C@H](C)N(C(=O)c1ccc(OC[C@H]3CCCO3)cc1)CC2. The molecule has 4 rings (SSSR count). The summed E-state index contributed by atoms with van der Waals surface area (Å²) in [5.74, 6) is 2.19. The number of amides is 1. The van der Waals surface area contributed by atoms with Crippen LogP contribution >= 0.6 is 0 Å². The molecule has 30 heavy (non-hydrogen) atoms. The van der Waals surface area contributed by atoms with E-state index in [-0.39, 0.29) is 18.1 Å². The van der Waals surface area contributed by atoms with Gasteiger partial charge in [0.15, 0.2) is 11.5 Å². The molecule has 0 N–H and O–H groups in total. The van der Waals surface area contributed by atoms with Gasteiger partial charge in [-0.1, -0.05) is 0 Å². The van der Waals surface area contributed by atoms with Crippen LogP contribution in [0.5, 0.6) is 17.2 Å². The van der Waals surface area contributed by atoms with Crippen molar-refractivity contribution in [2.75, 3.05) is 34.0 Å². The predicted molar refractivity (Wildman–Crippen MR) is 114 cm³/mol. The van der Waals surface area contributed by atoms with Gasteiger partial charge in [0.1, 0.15) is 12.4 Å². The van der Waals surface area contributed by atoms with Crippen LogP contribution in [0.25, 0.3) is 0 Å². The van der Waals surface area contributed by atoms with Gasteiger partial charge >= 0.3 is 0 Å². The number of carbonyl (C=O) groups excluding carboxylic acids is 1. The van der Waals surface area contributed by atoms with Crippen molar-refractivity contribution in [1.82, 2.24) is 4.90 Å². The highest BCUT2D eigenvalue weighted by atomic mass is 16.5. The standard InChI is InChI=1S/C24H29NO5/c1-16-21-14-23(28-3)22(27-2)13-18(21)10-11-25(16)24(26)17-6-8-19(9-7-17)30-15-20-5-4-12-29-20/h6-9,13-14,16,20H,4-5,10-12,15H2,1-3H3/t16-,20+/m0/s1. The number of carbonyl (C=O) groups is 1. The highest BCUT2D eigenvalue weighted by Crippen LogP contribution is 2.38. The summed E-state index contributed by atoms with van der Waals surface area (Å²) in [6, 6.07) is 11.4.